The number of hydrogen-bond donors (Lipinski definition) is 1. The quantitative estimate of drug-likeness (QED) is 0.932. The molecule has 1 aliphatic carbocycles. The van der Waals surface area contributed by atoms with Crippen LogP contribution in [0.25, 0.3) is 0 Å². The third kappa shape index (κ3) is 3.37. The molecule has 0 radical (unpaired) electrons. The van der Waals surface area contributed by atoms with Crippen LogP contribution >= 0.6 is 0 Å². The monoisotopic (exact) mass is 303 g/mol. The highest BCUT2D eigenvalue weighted by atomic mass is 16.1. The van der Waals surface area contributed by atoms with Crippen LogP contribution in [-0.2, 0) is 7.05 Å². The summed E-state index contributed by atoms with van der Waals surface area (Å²) in [4.78, 5) is 15.1. The van der Waals surface area contributed by atoms with E-state index in [9.17, 15) is 4.79 Å². The Hall–Kier alpha value is -1.29. The zero-order chi connectivity index (χ0) is 15.5. The molecular weight excluding hydrogens is 274 g/mol. The summed E-state index contributed by atoms with van der Waals surface area (Å²) in [7, 11) is 1.98. The molecule has 2 heterocycles. The Balaban J connectivity index is 1.58. The average molecular weight is 303 g/mol. The first-order valence-corrected chi connectivity index (χ1v) is 8.82. The van der Waals surface area contributed by atoms with Gasteiger partial charge in [-0.15, -0.1) is 0 Å². The van der Waals surface area contributed by atoms with Gasteiger partial charge in [0.1, 0.15) is 0 Å². The van der Waals surface area contributed by atoms with Crippen molar-refractivity contribution in [3.63, 3.8) is 0 Å². The molecule has 1 atom stereocenters. The number of hydrogen-bond acceptors (Lipinski definition) is 2. The van der Waals surface area contributed by atoms with Crippen molar-refractivity contribution in [1.29, 1.82) is 0 Å². The molecule has 2 aliphatic rings. The topological polar surface area (TPSA) is 37.3 Å². The van der Waals surface area contributed by atoms with Crippen LogP contribution in [0.5, 0.6) is 0 Å². The van der Waals surface area contributed by atoms with Crippen molar-refractivity contribution in [2.45, 2.75) is 64.0 Å². The molecule has 1 aromatic heterocycles. The lowest BCUT2D eigenvalue weighted by molar-refractivity contribution is 0.0835. The first-order chi connectivity index (χ1) is 10.6. The maximum atomic E-state index is 12.5. The van der Waals surface area contributed by atoms with Crippen LogP contribution in [0.2, 0.25) is 0 Å². The lowest BCUT2D eigenvalue weighted by Gasteiger charge is -2.40. The minimum Gasteiger partial charge on any atom is -0.354 e. The van der Waals surface area contributed by atoms with Gasteiger partial charge in [-0.05, 0) is 45.2 Å². The number of aromatic nitrogens is 1. The Morgan fingerprint density at radius 3 is 2.64 bits per heavy atom. The highest BCUT2D eigenvalue weighted by Crippen LogP contribution is 2.25. The average Bonchev–Trinajstić information content (AvgIpc) is 2.88. The van der Waals surface area contributed by atoms with Gasteiger partial charge in [-0.2, -0.15) is 0 Å². The second kappa shape index (κ2) is 6.86. The molecule has 0 bridgehead atoms. The van der Waals surface area contributed by atoms with E-state index in [0.717, 1.165) is 30.3 Å². The molecule has 4 nitrogen and oxygen atoms in total. The molecule has 22 heavy (non-hydrogen) atoms. The van der Waals surface area contributed by atoms with Crippen molar-refractivity contribution < 1.29 is 4.79 Å². The normalized spacial score (nSPS) is 24.4. The summed E-state index contributed by atoms with van der Waals surface area (Å²) in [5.41, 5.74) is 1.86. The van der Waals surface area contributed by atoms with Gasteiger partial charge in [-0.25, -0.2) is 0 Å². The highest BCUT2D eigenvalue weighted by Gasteiger charge is 2.28. The predicted octanol–water partition coefficient (Wildman–Crippen LogP) is 2.86. The maximum absolute atomic E-state index is 12.5. The molecule has 1 amide bonds. The predicted molar refractivity (Wildman–Crippen MR) is 89.1 cm³/mol. The van der Waals surface area contributed by atoms with E-state index >= 15 is 0 Å². The Morgan fingerprint density at radius 2 is 1.95 bits per heavy atom. The van der Waals surface area contributed by atoms with Crippen molar-refractivity contribution in [3.05, 3.63) is 23.5 Å². The van der Waals surface area contributed by atoms with Crippen LogP contribution < -0.4 is 5.32 Å². The zero-order valence-electron chi connectivity index (χ0n) is 14.0. The fourth-order valence-corrected chi connectivity index (χ4v) is 4.01. The Labute approximate surface area is 133 Å². The Kier molecular flexibility index (Phi) is 4.87. The lowest BCUT2D eigenvalue weighted by Crippen LogP contribution is -2.51. The summed E-state index contributed by atoms with van der Waals surface area (Å²) in [5.74, 6) is 0.0913. The molecule has 0 aromatic carbocycles. The lowest BCUT2D eigenvalue weighted by atomic mass is 9.92. The van der Waals surface area contributed by atoms with Crippen molar-refractivity contribution >= 4 is 5.91 Å². The van der Waals surface area contributed by atoms with Crippen molar-refractivity contribution in [3.8, 4) is 0 Å². The van der Waals surface area contributed by atoms with E-state index in [0.29, 0.717) is 6.04 Å². The molecule has 1 N–H and O–H groups in total. The minimum atomic E-state index is 0.0913. The number of rotatable bonds is 3. The summed E-state index contributed by atoms with van der Waals surface area (Å²) < 4.78 is 2.00. The first kappa shape index (κ1) is 15.6. The molecule has 1 saturated heterocycles. The van der Waals surface area contributed by atoms with Crippen LogP contribution in [0.3, 0.4) is 0 Å². The first-order valence-electron chi connectivity index (χ1n) is 8.82. The summed E-state index contributed by atoms with van der Waals surface area (Å²) >= 11 is 0. The summed E-state index contributed by atoms with van der Waals surface area (Å²) in [6.07, 6.45) is 11.1. The molecule has 3 rings (SSSR count). The van der Waals surface area contributed by atoms with E-state index in [4.69, 9.17) is 0 Å². The number of amides is 1. The van der Waals surface area contributed by atoms with Crippen LogP contribution in [0.1, 0.15) is 61.0 Å². The maximum Gasteiger partial charge on any atom is 0.253 e. The molecule has 1 aromatic rings. The Morgan fingerprint density at radius 1 is 1.18 bits per heavy atom. The number of carbonyl (C=O) groups excluding carboxylic acids is 1. The minimum absolute atomic E-state index is 0.0913. The SMILES string of the molecule is Cc1c(C(=O)N[C@H]2CCCN(C3CCCCC3)C2)ccn1C. The van der Waals surface area contributed by atoms with Crippen molar-refractivity contribution in [1.82, 2.24) is 14.8 Å². The number of carbonyl (C=O) groups is 1. The van der Waals surface area contributed by atoms with Gasteiger partial charge >= 0.3 is 0 Å². The molecule has 122 valence electrons. The largest absolute Gasteiger partial charge is 0.354 e. The molecule has 1 aliphatic heterocycles. The molecule has 0 unspecified atom stereocenters. The van der Waals surface area contributed by atoms with E-state index in [-0.39, 0.29) is 5.91 Å². The number of nitrogens with one attached hydrogen (secondary N) is 1. The van der Waals surface area contributed by atoms with Gasteiger partial charge in [0.2, 0.25) is 0 Å². The van der Waals surface area contributed by atoms with Crippen LogP contribution in [0, 0.1) is 6.92 Å². The number of nitrogens with zero attached hydrogens (tertiary/aromatic N) is 2. The number of likely N-dealkylation sites (tertiary alicyclic amines) is 1. The summed E-state index contributed by atoms with van der Waals surface area (Å²) in [5, 5.41) is 3.26. The Bertz CT molecular complexity index is 516. The summed E-state index contributed by atoms with van der Waals surface area (Å²) in [6, 6.07) is 2.99. The van der Waals surface area contributed by atoms with Crippen LogP contribution in [-0.4, -0.2) is 40.5 Å². The molecule has 2 fully saturated rings. The third-order valence-corrected chi connectivity index (χ3v) is 5.51. The standard InChI is InChI=1S/C18H29N3O/c1-14-17(10-12-20(14)2)18(22)19-15-7-6-11-21(13-15)16-8-4-3-5-9-16/h10,12,15-16H,3-9,11,13H2,1-2H3,(H,19,22)/t15-/m0/s1. The summed E-state index contributed by atoms with van der Waals surface area (Å²) in [6.45, 7) is 4.24. The zero-order valence-corrected chi connectivity index (χ0v) is 14.0. The van der Waals surface area contributed by atoms with Gasteiger partial charge in [0, 0.05) is 37.6 Å². The fourth-order valence-electron chi connectivity index (χ4n) is 4.01. The smallest absolute Gasteiger partial charge is 0.253 e. The molecule has 4 heteroatoms. The van der Waals surface area contributed by atoms with Gasteiger partial charge in [-0.3, -0.25) is 9.69 Å². The van der Waals surface area contributed by atoms with E-state index in [2.05, 4.69) is 10.2 Å². The van der Waals surface area contributed by atoms with E-state index in [1.165, 1.54) is 45.1 Å². The van der Waals surface area contributed by atoms with Crippen molar-refractivity contribution in [2.75, 3.05) is 13.1 Å². The second-order valence-corrected chi connectivity index (χ2v) is 7.03. The van der Waals surface area contributed by atoms with Gasteiger partial charge in [0.25, 0.3) is 5.91 Å². The highest BCUT2D eigenvalue weighted by molar-refractivity contribution is 5.95. The third-order valence-electron chi connectivity index (χ3n) is 5.51. The van der Waals surface area contributed by atoms with Crippen LogP contribution in [0.4, 0.5) is 0 Å². The van der Waals surface area contributed by atoms with Gasteiger partial charge in [0.05, 0.1) is 5.56 Å². The van der Waals surface area contributed by atoms with Crippen molar-refractivity contribution in [2.24, 2.45) is 7.05 Å². The molecule has 1 saturated carbocycles. The van der Waals surface area contributed by atoms with E-state index in [1.807, 2.05) is 30.8 Å². The van der Waals surface area contributed by atoms with Gasteiger partial charge in [-0.1, -0.05) is 19.3 Å². The number of piperidine rings is 1. The van der Waals surface area contributed by atoms with E-state index in [1.54, 1.807) is 0 Å². The van der Waals surface area contributed by atoms with Crippen LogP contribution in [0.15, 0.2) is 12.3 Å². The van der Waals surface area contributed by atoms with Gasteiger partial charge < -0.3 is 9.88 Å². The number of aryl methyl sites for hydroxylation is 1. The molecule has 0 spiro atoms. The second-order valence-electron chi connectivity index (χ2n) is 7.03. The fraction of sp³-hybridized carbons (Fsp3) is 0.722. The van der Waals surface area contributed by atoms with E-state index < -0.39 is 0 Å². The van der Waals surface area contributed by atoms with Gasteiger partial charge in [0.15, 0.2) is 0 Å². The molecular formula is C18H29N3O.